The van der Waals surface area contributed by atoms with Crippen molar-refractivity contribution in [1.82, 2.24) is 19.3 Å². The zero-order valence-corrected chi connectivity index (χ0v) is 13.4. The number of thiazole rings is 1. The van der Waals surface area contributed by atoms with Crippen molar-refractivity contribution in [2.75, 3.05) is 6.61 Å². The first-order valence-corrected chi connectivity index (χ1v) is 8.23. The zero-order valence-electron chi connectivity index (χ0n) is 12.6. The topological polar surface area (TPSA) is 79.0 Å². The lowest BCUT2D eigenvalue weighted by Crippen LogP contribution is -2.23. The highest BCUT2D eigenvalue weighted by atomic mass is 32.1. The van der Waals surface area contributed by atoms with Crippen molar-refractivity contribution in [3.8, 4) is 0 Å². The second kappa shape index (κ2) is 6.04. The summed E-state index contributed by atoms with van der Waals surface area (Å²) in [6, 6.07) is 0. The molecule has 0 unspecified atom stereocenters. The number of rotatable bonds is 5. The summed E-state index contributed by atoms with van der Waals surface area (Å²) in [6.45, 7) is 2.24. The molecular weight excluding hydrogens is 304 g/mol. The monoisotopic (exact) mass is 322 g/mol. The van der Waals surface area contributed by atoms with Gasteiger partial charge in [-0.25, -0.2) is 4.79 Å². The molecule has 0 radical (unpaired) electrons. The van der Waals surface area contributed by atoms with Gasteiger partial charge in [0.05, 0.1) is 13.2 Å². The SMILES string of the molecule is CCOC(=O)c1csc(=O)n1Cc1nnc(C2CCC2)n1C. The molecule has 0 spiro atoms. The second-order valence-corrected chi connectivity index (χ2v) is 6.18. The number of carbonyl (C=O) groups excluding carboxylic acids is 1. The summed E-state index contributed by atoms with van der Waals surface area (Å²) in [4.78, 5) is 23.7. The first-order valence-electron chi connectivity index (χ1n) is 7.35. The van der Waals surface area contributed by atoms with E-state index < -0.39 is 5.97 Å². The van der Waals surface area contributed by atoms with Gasteiger partial charge in [0, 0.05) is 18.3 Å². The van der Waals surface area contributed by atoms with E-state index in [2.05, 4.69) is 10.2 Å². The van der Waals surface area contributed by atoms with Crippen LogP contribution in [0.4, 0.5) is 0 Å². The third kappa shape index (κ3) is 2.58. The predicted octanol–water partition coefficient (Wildman–Crippen LogP) is 1.53. The van der Waals surface area contributed by atoms with Crippen LogP contribution < -0.4 is 4.87 Å². The Morgan fingerprint density at radius 2 is 2.23 bits per heavy atom. The van der Waals surface area contributed by atoms with E-state index in [9.17, 15) is 9.59 Å². The number of nitrogens with zero attached hydrogens (tertiary/aromatic N) is 4. The van der Waals surface area contributed by atoms with Gasteiger partial charge in [0.1, 0.15) is 11.5 Å². The molecule has 22 heavy (non-hydrogen) atoms. The van der Waals surface area contributed by atoms with E-state index in [0.29, 0.717) is 11.7 Å². The maximum Gasteiger partial charge on any atom is 0.355 e. The average Bonchev–Trinajstić information content (AvgIpc) is 2.96. The van der Waals surface area contributed by atoms with Crippen LogP contribution >= 0.6 is 11.3 Å². The fraction of sp³-hybridized carbons (Fsp3) is 0.571. The highest BCUT2D eigenvalue weighted by molar-refractivity contribution is 7.07. The highest BCUT2D eigenvalue weighted by Crippen LogP contribution is 2.35. The molecule has 3 rings (SSSR count). The van der Waals surface area contributed by atoms with Crippen LogP contribution in [0.3, 0.4) is 0 Å². The number of aromatic nitrogens is 4. The number of carbonyl (C=O) groups is 1. The van der Waals surface area contributed by atoms with Crippen molar-refractivity contribution in [1.29, 1.82) is 0 Å². The molecule has 2 aromatic rings. The Labute approximate surface area is 131 Å². The molecule has 1 saturated carbocycles. The van der Waals surface area contributed by atoms with Gasteiger partial charge in [0.2, 0.25) is 0 Å². The number of ether oxygens (including phenoxy) is 1. The lowest BCUT2D eigenvalue weighted by molar-refractivity contribution is 0.0514. The van der Waals surface area contributed by atoms with Gasteiger partial charge in [-0.05, 0) is 19.8 Å². The number of hydrogen-bond acceptors (Lipinski definition) is 6. The molecule has 0 saturated heterocycles. The molecule has 1 aliphatic carbocycles. The van der Waals surface area contributed by atoms with Gasteiger partial charge in [0.25, 0.3) is 0 Å². The Kier molecular flexibility index (Phi) is 4.10. The fourth-order valence-corrected chi connectivity index (χ4v) is 3.25. The van der Waals surface area contributed by atoms with Crippen molar-refractivity contribution >= 4 is 17.3 Å². The largest absolute Gasteiger partial charge is 0.461 e. The molecule has 0 atom stereocenters. The van der Waals surface area contributed by atoms with Gasteiger partial charge in [-0.15, -0.1) is 10.2 Å². The van der Waals surface area contributed by atoms with Crippen LogP contribution in [0.2, 0.25) is 0 Å². The lowest BCUT2D eigenvalue weighted by atomic mass is 9.85. The molecule has 118 valence electrons. The van der Waals surface area contributed by atoms with E-state index in [1.165, 1.54) is 16.4 Å². The molecule has 0 amide bonds. The van der Waals surface area contributed by atoms with Crippen molar-refractivity contribution in [2.24, 2.45) is 7.05 Å². The van der Waals surface area contributed by atoms with Gasteiger partial charge >= 0.3 is 10.8 Å². The summed E-state index contributed by atoms with van der Waals surface area (Å²) in [6.07, 6.45) is 3.50. The molecule has 2 aromatic heterocycles. The minimum absolute atomic E-state index is 0.198. The van der Waals surface area contributed by atoms with Gasteiger partial charge in [-0.3, -0.25) is 9.36 Å². The van der Waals surface area contributed by atoms with Gasteiger partial charge in [-0.1, -0.05) is 17.8 Å². The minimum Gasteiger partial charge on any atom is -0.461 e. The van der Waals surface area contributed by atoms with Gasteiger partial charge in [0.15, 0.2) is 5.82 Å². The van der Waals surface area contributed by atoms with E-state index >= 15 is 0 Å². The summed E-state index contributed by atoms with van der Waals surface area (Å²) < 4.78 is 8.32. The average molecular weight is 322 g/mol. The molecule has 7 nitrogen and oxygen atoms in total. The molecule has 1 fully saturated rings. The van der Waals surface area contributed by atoms with E-state index in [1.54, 1.807) is 6.92 Å². The predicted molar refractivity (Wildman–Crippen MR) is 81.2 cm³/mol. The first kappa shape index (κ1) is 15.0. The van der Waals surface area contributed by atoms with E-state index in [1.807, 2.05) is 11.6 Å². The number of hydrogen-bond donors (Lipinski definition) is 0. The van der Waals surface area contributed by atoms with Crippen LogP contribution in [0, 0.1) is 0 Å². The molecule has 0 N–H and O–H groups in total. The zero-order chi connectivity index (χ0) is 15.7. The normalized spacial score (nSPS) is 14.8. The van der Waals surface area contributed by atoms with Crippen LogP contribution in [-0.4, -0.2) is 31.9 Å². The first-order chi connectivity index (χ1) is 10.6. The maximum atomic E-state index is 12.0. The van der Waals surface area contributed by atoms with Crippen molar-refractivity contribution in [3.05, 3.63) is 32.4 Å². The second-order valence-electron chi connectivity index (χ2n) is 5.35. The molecule has 0 aliphatic heterocycles. The Morgan fingerprint density at radius 1 is 1.45 bits per heavy atom. The van der Waals surface area contributed by atoms with Crippen LogP contribution in [0.5, 0.6) is 0 Å². The Hall–Kier alpha value is -1.96. The minimum atomic E-state index is -0.484. The Balaban J connectivity index is 1.87. The van der Waals surface area contributed by atoms with Crippen molar-refractivity contribution in [2.45, 2.75) is 38.6 Å². The number of esters is 1. The smallest absolute Gasteiger partial charge is 0.355 e. The molecular formula is C14H18N4O3S. The quantitative estimate of drug-likeness (QED) is 0.780. The third-order valence-corrected chi connectivity index (χ3v) is 4.80. The molecule has 2 heterocycles. The third-order valence-electron chi connectivity index (χ3n) is 4.04. The summed E-state index contributed by atoms with van der Waals surface area (Å²) >= 11 is 0.988. The maximum absolute atomic E-state index is 12.0. The van der Waals surface area contributed by atoms with Crippen molar-refractivity contribution < 1.29 is 9.53 Å². The Bertz CT molecular complexity index is 742. The summed E-state index contributed by atoms with van der Waals surface area (Å²) in [5, 5.41) is 9.96. The standard InChI is InChI=1S/C14H18N4O3S/c1-3-21-13(19)10-8-22-14(20)18(10)7-11-15-16-12(17(11)2)9-5-4-6-9/h8-9H,3-7H2,1-2H3. The van der Waals surface area contributed by atoms with Gasteiger partial charge in [-0.2, -0.15) is 0 Å². The fourth-order valence-electron chi connectivity index (χ4n) is 2.52. The molecule has 1 aliphatic rings. The lowest BCUT2D eigenvalue weighted by Gasteiger charge is -2.24. The van der Waals surface area contributed by atoms with Crippen LogP contribution in [0.15, 0.2) is 10.2 Å². The van der Waals surface area contributed by atoms with Crippen LogP contribution in [0.1, 0.15) is 54.2 Å². The Morgan fingerprint density at radius 3 is 2.86 bits per heavy atom. The summed E-state index contributed by atoms with van der Waals surface area (Å²) in [7, 11) is 1.91. The van der Waals surface area contributed by atoms with Crippen LogP contribution in [-0.2, 0) is 18.3 Å². The van der Waals surface area contributed by atoms with Crippen molar-refractivity contribution in [3.63, 3.8) is 0 Å². The highest BCUT2D eigenvalue weighted by Gasteiger charge is 2.26. The van der Waals surface area contributed by atoms with Gasteiger partial charge < -0.3 is 9.30 Å². The molecule has 0 aromatic carbocycles. The van der Waals surface area contributed by atoms with E-state index in [-0.39, 0.29) is 23.7 Å². The summed E-state index contributed by atoms with van der Waals surface area (Å²) in [5.74, 6) is 1.62. The van der Waals surface area contributed by atoms with E-state index in [0.717, 1.165) is 30.0 Å². The molecule has 0 bridgehead atoms. The molecule has 8 heteroatoms. The van der Waals surface area contributed by atoms with E-state index in [4.69, 9.17) is 4.74 Å². The summed E-state index contributed by atoms with van der Waals surface area (Å²) in [5.41, 5.74) is 0.269. The van der Waals surface area contributed by atoms with Crippen LogP contribution in [0.25, 0.3) is 0 Å².